The second-order valence-corrected chi connectivity index (χ2v) is 6.83. The van der Waals surface area contributed by atoms with E-state index in [0.29, 0.717) is 18.1 Å². The standard InChI is InChI=1S/C23H22N2O6/c1-15-20(16(2)31-25-15)13-29-19-10-8-18(9-11-19)23(28)30-14-22(27)24-21(26)12-17-6-4-3-5-7-17/h3-11H,12-14H2,1-2H3,(H,24,26,27). The van der Waals surface area contributed by atoms with Crippen LogP contribution < -0.4 is 10.1 Å². The minimum Gasteiger partial charge on any atom is -0.489 e. The van der Waals surface area contributed by atoms with Crippen LogP contribution in [0.25, 0.3) is 0 Å². The smallest absolute Gasteiger partial charge is 0.338 e. The quantitative estimate of drug-likeness (QED) is 0.556. The van der Waals surface area contributed by atoms with Crippen molar-refractivity contribution in [3.8, 4) is 5.75 Å². The van der Waals surface area contributed by atoms with Crippen LogP contribution in [0.3, 0.4) is 0 Å². The third kappa shape index (κ3) is 6.27. The molecule has 0 aliphatic heterocycles. The van der Waals surface area contributed by atoms with Crippen molar-refractivity contribution in [1.82, 2.24) is 10.5 Å². The zero-order valence-electron chi connectivity index (χ0n) is 17.2. The molecule has 0 spiro atoms. The Morgan fingerprint density at radius 3 is 2.32 bits per heavy atom. The summed E-state index contributed by atoms with van der Waals surface area (Å²) in [6.45, 7) is 3.38. The number of ether oxygens (including phenoxy) is 2. The number of benzene rings is 2. The lowest BCUT2D eigenvalue weighted by Crippen LogP contribution is -2.35. The Bertz CT molecular complexity index is 1040. The van der Waals surface area contributed by atoms with Crippen molar-refractivity contribution in [3.63, 3.8) is 0 Å². The largest absolute Gasteiger partial charge is 0.489 e. The Morgan fingerprint density at radius 2 is 1.68 bits per heavy atom. The van der Waals surface area contributed by atoms with Gasteiger partial charge in [-0.05, 0) is 43.7 Å². The van der Waals surface area contributed by atoms with Crippen LogP contribution in [0.4, 0.5) is 0 Å². The van der Waals surface area contributed by atoms with Crippen LogP contribution in [0, 0.1) is 13.8 Å². The molecular formula is C23H22N2O6. The summed E-state index contributed by atoms with van der Waals surface area (Å²) in [4.78, 5) is 35.8. The van der Waals surface area contributed by atoms with Crippen molar-refractivity contribution in [2.75, 3.05) is 6.61 Å². The third-order valence-corrected chi connectivity index (χ3v) is 4.48. The number of aryl methyl sites for hydroxylation is 2. The summed E-state index contributed by atoms with van der Waals surface area (Å²) in [6.07, 6.45) is 0.0654. The summed E-state index contributed by atoms with van der Waals surface area (Å²) in [5.74, 6) is -0.581. The number of amides is 2. The lowest BCUT2D eigenvalue weighted by atomic mass is 10.1. The SMILES string of the molecule is Cc1noc(C)c1COc1ccc(C(=O)OCC(=O)NC(=O)Cc2ccccc2)cc1. The molecule has 1 N–H and O–H groups in total. The first kappa shape index (κ1) is 21.8. The van der Waals surface area contributed by atoms with E-state index < -0.39 is 24.4 Å². The van der Waals surface area contributed by atoms with E-state index in [9.17, 15) is 14.4 Å². The van der Waals surface area contributed by atoms with Crippen molar-refractivity contribution in [3.05, 3.63) is 82.7 Å². The molecular weight excluding hydrogens is 400 g/mol. The number of rotatable bonds is 8. The van der Waals surface area contributed by atoms with Gasteiger partial charge in [-0.2, -0.15) is 0 Å². The summed E-state index contributed by atoms with van der Waals surface area (Å²) in [5, 5.41) is 6.06. The van der Waals surface area contributed by atoms with Gasteiger partial charge in [-0.1, -0.05) is 35.5 Å². The molecule has 1 aromatic heterocycles. The fourth-order valence-corrected chi connectivity index (χ4v) is 2.78. The highest BCUT2D eigenvalue weighted by Gasteiger charge is 2.14. The van der Waals surface area contributed by atoms with Crippen molar-refractivity contribution >= 4 is 17.8 Å². The van der Waals surface area contributed by atoms with E-state index >= 15 is 0 Å². The van der Waals surface area contributed by atoms with Crippen LogP contribution in [-0.4, -0.2) is 29.5 Å². The number of esters is 1. The van der Waals surface area contributed by atoms with E-state index in [2.05, 4.69) is 10.5 Å². The van der Waals surface area contributed by atoms with Gasteiger partial charge in [-0.25, -0.2) is 4.79 Å². The van der Waals surface area contributed by atoms with E-state index in [4.69, 9.17) is 14.0 Å². The maximum absolute atomic E-state index is 12.1. The molecule has 0 aliphatic rings. The topological polar surface area (TPSA) is 108 Å². The molecule has 0 atom stereocenters. The van der Waals surface area contributed by atoms with Gasteiger partial charge in [0.1, 0.15) is 18.1 Å². The van der Waals surface area contributed by atoms with E-state index in [0.717, 1.165) is 16.8 Å². The van der Waals surface area contributed by atoms with Crippen LogP contribution in [0.15, 0.2) is 59.1 Å². The van der Waals surface area contributed by atoms with Crippen LogP contribution in [0.5, 0.6) is 5.75 Å². The molecule has 160 valence electrons. The lowest BCUT2D eigenvalue weighted by Gasteiger charge is -2.08. The van der Waals surface area contributed by atoms with Crippen LogP contribution >= 0.6 is 0 Å². The van der Waals surface area contributed by atoms with Gasteiger partial charge >= 0.3 is 5.97 Å². The molecule has 2 aromatic carbocycles. The summed E-state index contributed by atoms with van der Waals surface area (Å²) >= 11 is 0. The summed E-state index contributed by atoms with van der Waals surface area (Å²) < 4.78 is 15.7. The van der Waals surface area contributed by atoms with Gasteiger partial charge in [0.05, 0.1) is 23.2 Å². The van der Waals surface area contributed by atoms with Gasteiger partial charge < -0.3 is 14.0 Å². The Morgan fingerprint density at radius 1 is 0.968 bits per heavy atom. The van der Waals surface area contributed by atoms with Crippen molar-refractivity contribution < 1.29 is 28.4 Å². The Balaban J connectivity index is 1.43. The monoisotopic (exact) mass is 422 g/mol. The molecule has 0 aliphatic carbocycles. The van der Waals surface area contributed by atoms with Gasteiger partial charge in [-0.15, -0.1) is 0 Å². The highest BCUT2D eigenvalue weighted by atomic mass is 16.5. The second kappa shape index (κ2) is 10.2. The van der Waals surface area contributed by atoms with Gasteiger partial charge in [0.25, 0.3) is 5.91 Å². The Labute approximate surface area is 179 Å². The van der Waals surface area contributed by atoms with E-state index in [1.54, 1.807) is 36.4 Å². The summed E-state index contributed by atoms with van der Waals surface area (Å²) in [5.41, 5.74) is 2.67. The normalized spacial score (nSPS) is 10.4. The number of carbonyl (C=O) groups is 3. The average molecular weight is 422 g/mol. The fraction of sp³-hybridized carbons (Fsp3) is 0.217. The van der Waals surface area contributed by atoms with Crippen molar-refractivity contribution in [2.45, 2.75) is 26.9 Å². The number of aromatic nitrogens is 1. The number of nitrogens with zero attached hydrogens (tertiary/aromatic N) is 1. The van der Waals surface area contributed by atoms with Gasteiger partial charge in [0.15, 0.2) is 6.61 Å². The maximum Gasteiger partial charge on any atom is 0.338 e. The molecule has 2 amide bonds. The number of hydrogen-bond donors (Lipinski definition) is 1. The Kier molecular flexibility index (Phi) is 7.16. The molecule has 8 nitrogen and oxygen atoms in total. The predicted molar refractivity (Wildman–Crippen MR) is 110 cm³/mol. The molecule has 0 bridgehead atoms. The molecule has 0 fully saturated rings. The molecule has 3 rings (SSSR count). The highest BCUT2D eigenvalue weighted by molar-refractivity contribution is 5.98. The third-order valence-electron chi connectivity index (χ3n) is 4.48. The molecule has 31 heavy (non-hydrogen) atoms. The van der Waals surface area contributed by atoms with Crippen molar-refractivity contribution in [1.29, 1.82) is 0 Å². The van der Waals surface area contributed by atoms with Gasteiger partial charge in [0, 0.05) is 0 Å². The average Bonchev–Trinajstić information content (AvgIpc) is 3.08. The first-order valence-corrected chi connectivity index (χ1v) is 9.60. The van der Waals surface area contributed by atoms with Gasteiger partial charge in [0.2, 0.25) is 5.91 Å². The first-order chi connectivity index (χ1) is 14.9. The number of imide groups is 1. The minimum atomic E-state index is -0.686. The van der Waals surface area contributed by atoms with Crippen LogP contribution in [0.1, 0.15) is 32.9 Å². The Hall–Kier alpha value is -3.94. The van der Waals surface area contributed by atoms with E-state index in [1.165, 1.54) is 12.1 Å². The minimum absolute atomic E-state index is 0.0654. The molecule has 1 heterocycles. The van der Waals surface area contributed by atoms with E-state index in [1.807, 2.05) is 19.9 Å². The van der Waals surface area contributed by atoms with Crippen LogP contribution in [-0.2, 0) is 27.4 Å². The zero-order valence-corrected chi connectivity index (χ0v) is 17.2. The molecule has 0 unspecified atom stereocenters. The van der Waals surface area contributed by atoms with Crippen molar-refractivity contribution in [2.24, 2.45) is 0 Å². The molecule has 0 saturated heterocycles. The molecule has 3 aromatic rings. The molecule has 0 radical (unpaired) electrons. The van der Waals surface area contributed by atoms with E-state index in [-0.39, 0.29) is 12.0 Å². The summed E-state index contributed by atoms with van der Waals surface area (Å²) in [7, 11) is 0. The first-order valence-electron chi connectivity index (χ1n) is 9.60. The summed E-state index contributed by atoms with van der Waals surface area (Å²) in [6, 6.07) is 15.3. The highest BCUT2D eigenvalue weighted by Crippen LogP contribution is 2.18. The fourth-order valence-electron chi connectivity index (χ4n) is 2.78. The number of nitrogens with one attached hydrogen (secondary N) is 1. The maximum atomic E-state index is 12.1. The predicted octanol–water partition coefficient (Wildman–Crippen LogP) is 2.91. The number of carbonyl (C=O) groups excluding carboxylic acids is 3. The zero-order chi connectivity index (χ0) is 22.2. The number of hydrogen-bond acceptors (Lipinski definition) is 7. The second-order valence-electron chi connectivity index (χ2n) is 6.83. The van der Waals surface area contributed by atoms with Crippen LogP contribution in [0.2, 0.25) is 0 Å². The lowest BCUT2D eigenvalue weighted by molar-refractivity contribution is -0.132. The molecule has 8 heteroatoms. The molecule has 0 saturated carbocycles. The van der Waals surface area contributed by atoms with Gasteiger partial charge in [-0.3, -0.25) is 14.9 Å².